The molecule has 2 aromatic rings. The summed E-state index contributed by atoms with van der Waals surface area (Å²) >= 11 is 0. The molecule has 2 heterocycles. The largest absolute Gasteiger partial charge is 0.290 e. The minimum atomic E-state index is -0.0180. The number of aryl methyl sites for hydroxylation is 1. The lowest BCUT2D eigenvalue weighted by atomic mass is 10.2. The lowest BCUT2D eigenvalue weighted by Crippen LogP contribution is -2.22. The fourth-order valence-corrected chi connectivity index (χ4v) is 1.70. The maximum Gasteiger partial charge on any atom is 0.252 e. The fraction of sp³-hybridized carbons (Fsp3) is 0.364. The Morgan fingerprint density at radius 1 is 1.27 bits per heavy atom. The summed E-state index contributed by atoms with van der Waals surface area (Å²) in [7, 11) is 0. The number of hydrogen-bond donors (Lipinski definition) is 0. The van der Waals surface area contributed by atoms with E-state index in [1.807, 2.05) is 20.8 Å². The first-order valence-electron chi connectivity index (χ1n) is 4.94. The molecule has 0 bridgehead atoms. The highest BCUT2D eigenvalue weighted by Gasteiger charge is 2.08. The summed E-state index contributed by atoms with van der Waals surface area (Å²) in [6.07, 6.45) is 1.50. The molecule has 4 heteroatoms. The van der Waals surface area contributed by atoms with Gasteiger partial charge in [0.1, 0.15) is 12.0 Å². The molecule has 0 N–H and O–H groups in total. The molecule has 0 fully saturated rings. The monoisotopic (exact) mass is 203 g/mol. The zero-order valence-corrected chi connectivity index (χ0v) is 9.06. The van der Waals surface area contributed by atoms with Crippen molar-refractivity contribution in [3.8, 4) is 0 Å². The van der Waals surface area contributed by atoms with Gasteiger partial charge >= 0.3 is 0 Å². The van der Waals surface area contributed by atoms with E-state index >= 15 is 0 Å². The molecule has 0 unspecified atom stereocenters. The van der Waals surface area contributed by atoms with E-state index in [1.165, 1.54) is 6.33 Å². The Morgan fingerprint density at radius 3 is 2.67 bits per heavy atom. The standard InChI is InChI=1S/C11H13N3O/c1-7(2)14-10(15)5-4-9-8(3)12-6-13-11(9)14/h4-7H,1-3H3. The number of pyridine rings is 1. The van der Waals surface area contributed by atoms with Crippen LogP contribution in [0.1, 0.15) is 25.6 Å². The first-order chi connectivity index (χ1) is 7.11. The van der Waals surface area contributed by atoms with Gasteiger partial charge < -0.3 is 0 Å². The van der Waals surface area contributed by atoms with Crippen LogP contribution in [0.3, 0.4) is 0 Å². The van der Waals surface area contributed by atoms with E-state index in [0.717, 1.165) is 11.1 Å². The van der Waals surface area contributed by atoms with Gasteiger partial charge in [-0.1, -0.05) is 0 Å². The van der Waals surface area contributed by atoms with Gasteiger partial charge in [-0.3, -0.25) is 9.36 Å². The molecule has 0 aromatic carbocycles. The van der Waals surface area contributed by atoms with Gasteiger partial charge in [-0.25, -0.2) is 9.97 Å². The molecule has 0 saturated heterocycles. The zero-order chi connectivity index (χ0) is 11.0. The SMILES string of the molecule is Cc1ncnc2c1ccc(=O)n2C(C)C. The van der Waals surface area contributed by atoms with Crippen LogP contribution in [-0.4, -0.2) is 14.5 Å². The molecular weight excluding hydrogens is 190 g/mol. The number of fused-ring (bicyclic) bond motifs is 1. The van der Waals surface area contributed by atoms with Gasteiger partial charge in [-0.2, -0.15) is 0 Å². The molecule has 2 rings (SSSR count). The highest BCUT2D eigenvalue weighted by Crippen LogP contribution is 2.14. The Labute approximate surface area is 87.6 Å². The second-order valence-corrected chi connectivity index (χ2v) is 3.83. The Balaban J connectivity index is 2.94. The fourth-order valence-electron chi connectivity index (χ4n) is 1.70. The average molecular weight is 203 g/mol. The highest BCUT2D eigenvalue weighted by molar-refractivity contribution is 5.77. The molecule has 15 heavy (non-hydrogen) atoms. The van der Waals surface area contributed by atoms with E-state index in [9.17, 15) is 4.79 Å². The van der Waals surface area contributed by atoms with Gasteiger partial charge in [0.15, 0.2) is 0 Å². The van der Waals surface area contributed by atoms with Crippen molar-refractivity contribution in [3.05, 3.63) is 34.5 Å². The molecule has 2 aromatic heterocycles. The summed E-state index contributed by atoms with van der Waals surface area (Å²) in [5.74, 6) is 0. The second kappa shape index (κ2) is 3.46. The predicted molar refractivity (Wildman–Crippen MR) is 58.9 cm³/mol. The molecule has 0 amide bonds. The lowest BCUT2D eigenvalue weighted by molar-refractivity contribution is 0.594. The van der Waals surface area contributed by atoms with Crippen molar-refractivity contribution in [1.82, 2.24) is 14.5 Å². The van der Waals surface area contributed by atoms with Gasteiger partial charge in [0.05, 0.1) is 5.69 Å². The topological polar surface area (TPSA) is 47.8 Å². The quantitative estimate of drug-likeness (QED) is 0.708. The molecule has 0 atom stereocenters. The highest BCUT2D eigenvalue weighted by atomic mass is 16.1. The molecule has 0 aliphatic heterocycles. The van der Waals surface area contributed by atoms with Gasteiger partial charge in [0.25, 0.3) is 5.56 Å². The first-order valence-corrected chi connectivity index (χ1v) is 4.94. The van der Waals surface area contributed by atoms with Crippen LogP contribution in [0.25, 0.3) is 11.0 Å². The van der Waals surface area contributed by atoms with Crippen LogP contribution in [0.15, 0.2) is 23.3 Å². The Bertz CT molecular complexity index is 557. The Hall–Kier alpha value is -1.71. The molecule has 0 radical (unpaired) electrons. The van der Waals surface area contributed by atoms with E-state index in [2.05, 4.69) is 9.97 Å². The number of nitrogens with zero attached hydrogens (tertiary/aromatic N) is 3. The van der Waals surface area contributed by atoms with Crippen molar-refractivity contribution < 1.29 is 0 Å². The summed E-state index contributed by atoms with van der Waals surface area (Å²) in [5.41, 5.74) is 1.59. The minimum absolute atomic E-state index is 0.0180. The first kappa shape index (κ1) is 9.83. The van der Waals surface area contributed by atoms with Gasteiger partial charge in [0.2, 0.25) is 0 Å². The lowest BCUT2D eigenvalue weighted by Gasteiger charge is -2.12. The van der Waals surface area contributed by atoms with E-state index in [-0.39, 0.29) is 11.6 Å². The molecule has 78 valence electrons. The third kappa shape index (κ3) is 1.52. The van der Waals surface area contributed by atoms with E-state index in [4.69, 9.17) is 0 Å². The van der Waals surface area contributed by atoms with E-state index in [0.29, 0.717) is 5.65 Å². The smallest absolute Gasteiger partial charge is 0.252 e. The van der Waals surface area contributed by atoms with Crippen molar-refractivity contribution >= 4 is 11.0 Å². The Morgan fingerprint density at radius 2 is 2.00 bits per heavy atom. The summed E-state index contributed by atoms with van der Waals surface area (Å²) < 4.78 is 1.68. The minimum Gasteiger partial charge on any atom is -0.290 e. The average Bonchev–Trinajstić information content (AvgIpc) is 2.17. The molecule has 0 aliphatic carbocycles. The van der Waals surface area contributed by atoms with Crippen LogP contribution in [0.5, 0.6) is 0 Å². The normalized spacial score (nSPS) is 11.2. The summed E-state index contributed by atoms with van der Waals surface area (Å²) in [6, 6.07) is 3.46. The number of hydrogen-bond acceptors (Lipinski definition) is 3. The third-order valence-electron chi connectivity index (χ3n) is 2.44. The predicted octanol–water partition coefficient (Wildman–Crippen LogP) is 1.68. The summed E-state index contributed by atoms with van der Waals surface area (Å²) in [5, 5.41) is 0.936. The second-order valence-electron chi connectivity index (χ2n) is 3.83. The molecule has 4 nitrogen and oxygen atoms in total. The van der Waals surface area contributed by atoms with Crippen LogP contribution < -0.4 is 5.56 Å². The van der Waals surface area contributed by atoms with Gasteiger partial charge in [-0.15, -0.1) is 0 Å². The summed E-state index contributed by atoms with van der Waals surface area (Å²) in [6.45, 7) is 5.86. The van der Waals surface area contributed by atoms with Crippen LogP contribution in [0.2, 0.25) is 0 Å². The molecule has 0 aliphatic rings. The van der Waals surface area contributed by atoms with Crippen LogP contribution in [-0.2, 0) is 0 Å². The molecule has 0 spiro atoms. The van der Waals surface area contributed by atoms with Crippen molar-refractivity contribution in [2.24, 2.45) is 0 Å². The molecular formula is C11H13N3O. The number of aromatic nitrogens is 3. The van der Waals surface area contributed by atoms with E-state index < -0.39 is 0 Å². The van der Waals surface area contributed by atoms with Crippen LogP contribution in [0, 0.1) is 6.92 Å². The molecule has 0 saturated carbocycles. The van der Waals surface area contributed by atoms with Crippen molar-refractivity contribution in [3.63, 3.8) is 0 Å². The van der Waals surface area contributed by atoms with Gasteiger partial charge in [-0.05, 0) is 26.8 Å². The van der Waals surface area contributed by atoms with Crippen LogP contribution >= 0.6 is 0 Å². The third-order valence-corrected chi connectivity index (χ3v) is 2.44. The maximum absolute atomic E-state index is 11.7. The van der Waals surface area contributed by atoms with E-state index in [1.54, 1.807) is 16.7 Å². The zero-order valence-electron chi connectivity index (χ0n) is 9.06. The van der Waals surface area contributed by atoms with Crippen molar-refractivity contribution in [1.29, 1.82) is 0 Å². The summed E-state index contributed by atoms with van der Waals surface area (Å²) in [4.78, 5) is 20.0. The van der Waals surface area contributed by atoms with Crippen LogP contribution in [0.4, 0.5) is 0 Å². The van der Waals surface area contributed by atoms with Gasteiger partial charge in [0, 0.05) is 17.5 Å². The van der Waals surface area contributed by atoms with Crippen molar-refractivity contribution in [2.45, 2.75) is 26.8 Å². The maximum atomic E-state index is 11.7. The Kier molecular flexibility index (Phi) is 2.26. The number of rotatable bonds is 1. The van der Waals surface area contributed by atoms with Crippen molar-refractivity contribution in [2.75, 3.05) is 0 Å².